The van der Waals surface area contributed by atoms with Crippen molar-refractivity contribution < 1.29 is 4.74 Å². The molecule has 1 heterocycles. The third kappa shape index (κ3) is 2.29. The summed E-state index contributed by atoms with van der Waals surface area (Å²) in [5.74, 6) is 2.65. The van der Waals surface area contributed by atoms with Crippen molar-refractivity contribution in [3.8, 4) is 0 Å². The van der Waals surface area contributed by atoms with Crippen molar-refractivity contribution >= 4 is 0 Å². The molecule has 0 bridgehead atoms. The third-order valence-electron chi connectivity index (χ3n) is 3.78. The first-order valence-corrected chi connectivity index (χ1v) is 6.14. The zero-order valence-corrected chi connectivity index (χ0v) is 9.46. The first-order valence-electron chi connectivity index (χ1n) is 6.14. The van der Waals surface area contributed by atoms with Crippen LogP contribution in [0.4, 0.5) is 0 Å². The maximum atomic E-state index is 5.58. The fraction of sp³-hybridized carbons (Fsp3) is 1.00. The minimum Gasteiger partial charge on any atom is -0.381 e. The van der Waals surface area contributed by atoms with E-state index >= 15 is 0 Å². The van der Waals surface area contributed by atoms with Crippen LogP contribution in [0.5, 0.6) is 0 Å². The van der Waals surface area contributed by atoms with E-state index in [4.69, 9.17) is 4.74 Å². The smallest absolute Gasteiger partial charge is 0.0509 e. The minimum absolute atomic E-state index is 0.732. The highest BCUT2D eigenvalue weighted by atomic mass is 16.5. The predicted molar refractivity (Wildman–Crippen MR) is 58.3 cm³/mol. The largest absolute Gasteiger partial charge is 0.381 e. The fourth-order valence-corrected chi connectivity index (χ4v) is 2.80. The van der Waals surface area contributed by atoms with Gasteiger partial charge in [0.05, 0.1) is 6.61 Å². The molecule has 1 aliphatic heterocycles. The van der Waals surface area contributed by atoms with Crippen LogP contribution in [0.3, 0.4) is 0 Å². The monoisotopic (exact) mass is 197 g/mol. The Kier molecular flexibility index (Phi) is 3.45. The molecular weight excluding hydrogens is 174 g/mol. The standard InChI is InChI=1S/C12H23NO/c1-3-13-12(11-7-9(11)2)10-5-4-6-14-8-10/h9-13H,3-8H2,1-2H3. The maximum Gasteiger partial charge on any atom is 0.0509 e. The zero-order chi connectivity index (χ0) is 9.97. The predicted octanol–water partition coefficient (Wildman–Crippen LogP) is 2.05. The van der Waals surface area contributed by atoms with Crippen molar-refractivity contribution in [1.29, 1.82) is 0 Å². The topological polar surface area (TPSA) is 21.3 Å². The van der Waals surface area contributed by atoms with E-state index in [0.29, 0.717) is 0 Å². The summed E-state index contributed by atoms with van der Waals surface area (Å²) in [4.78, 5) is 0. The summed E-state index contributed by atoms with van der Waals surface area (Å²) in [6, 6.07) is 0.732. The highest BCUT2D eigenvalue weighted by molar-refractivity contribution is 4.96. The lowest BCUT2D eigenvalue weighted by molar-refractivity contribution is 0.0352. The van der Waals surface area contributed by atoms with Gasteiger partial charge in [-0.25, -0.2) is 0 Å². The van der Waals surface area contributed by atoms with Crippen LogP contribution in [-0.2, 0) is 4.74 Å². The molecule has 2 rings (SSSR count). The molecule has 4 atom stereocenters. The number of nitrogens with one attached hydrogen (secondary N) is 1. The molecular formula is C12H23NO. The normalized spacial score (nSPS) is 39.4. The molecule has 0 amide bonds. The van der Waals surface area contributed by atoms with Gasteiger partial charge in [0.25, 0.3) is 0 Å². The lowest BCUT2D eigenvalue weighted by Crippen LogP contribution is -2.42. The molecule has 0 aromatic heterocycles. The van der Waals surface area contributed by atoms with Crippen LogP contribution in [0.1, 0.15) is 33.1 Å². The van der Waals surface area contributed by atoms with Crippen LogP contribution in [0.15, 0.2) is 0 Å². The molecule has 1 saturated carbocycles. The highest BCUT2D eigenvalue weighted by Crippen LogP contribution is 2.43. The summed E-state index contributed by atoms with van der Waals surface area (Å²) in [6.45, 7) is 7.66. The van der Waals surface area contributed by atoms with Crippen molar-refractivity contribution in [3.63, 3.8) is 0 Å². The van der Waals surface area contributed by atoms with Crippen molar-refractivity contribution in [1.82, 2.24) is 5.32 Å². The van der Waals surface area contributed by atoms with E-state index in [9.17, 15) is 0 Å². The van der Waals surface area contributed by atoms with Gasteiger partial charge >= 0.3 is 0 Å². The van der Waals surface area contributed by atoms with Gasteiger partial charge in [-0.15, -0.1) is 0 Å². The van der Waals surface area contributed by atoms with Crippen LogP contribution in [-0.4, -0.2) is 25.8 Å². The molecule has 1 N–H and O–H groups in total. The number of hydrogen-bond donors (Lipinski definition) is 1. The Balaban J connectivity index is 1.88. The van der Waals surface area contributed by atoms with Gasteiger partial charge in [0.15, 0.2) is 0 Å². The van der Waals surface area contributed by atoms with Crippen molar-refractivity contribution in [3.05, 3.63) is 0 Å². The first-order chi connectivity index (χ1) is 6.83. The lowest BCUT2D eigenvalue weighted by atomic mass is 9.90. The molecule has 1 aliphatic carbocycles. The first kappa shape index (κ1) is 10.4. The van der Waals surface area contributed by atoms with Gasteiger partial charge < -0.3 is 10.1 Å². The quantitative estimate of drug-likeness (QED) is 0.744. The van der Waals surface area contributed by atoms with E-state index in [0.717, 1.165) is 43.6 Å². The molecule has 0 aromatic rings. The maximum absolute atomic E-state index is 5.58. The second-order valence-electron chi connectivity index (χ2n) is 4.94. The van der Waals surface area contributed by atoms with E-state index in [1.807, 2.05) is 0 Å². The van der Waals surface area contributed by atoms with Crippen LogP contribution in [0.25, 0.3) is 0 Å². The molecule has 2 fully saturated rings. The molecule has 0 spiro atoms. The summed E-state index contributed by atoms with van der Waals surface area (Å²) in [5, 5.41) is 3.66. The van der Waals surface area contributed by atoms with Crippen LogP contribution >= 0.6 is 0 Å². The molecule has 0 aromatic carbocycles. The summed E-state index contributed by atoms with van der Waals surface area (Å²) < 4.78 is 5.58. The second kappa shape index (κ2) is 4.63. The van der Waals surface area contributed by atoms with Gasteiger partial charge in [0, 0.05) is 12.6 Å². The molecule has 2 aliphatic rings. The van der Waals surface area contributed by atoms with Crippen molar-refractivity contribution in [2.75, 3.05) is 19.8 Å². The third-order valence-corrected chi connectivity index (χ3v) is 3.78. The number of ether oxygens (including phenoxy) is 1. The summed E-state index contributed by atoms with van der Waals surface area (Å²) in [7, 11) is 0. The van der Waals surface area contributed by atoms with Crippen LogP contribution < -0.4 is 5.32 Å². The van der Waals surface area contributed by atoms with Crippen LogP contribution in [0.2, 0.25) is 0 Å². The molecule has 0 radical (unpaired) electrons. The van der Waals surface area contributed by atoms with E-state index in [-0.39, 0.29) is 0 Å². The average molecular weight is 197 g/mol. The summed E-state index contributed by atoms with van der Waals surface area (Å²) in [5.41, 5.74) is 0. The Morgan fingerprint density at radius 3 is 2.79 bits per heavy atom. The summed E-state index contributed by atoms with van der Waals surface area (Å²) >= 11 is 0. The Labute approximate surface area is 87.4 Å². The molecule has 1 saturated heterocycles. The van der Waals surface area contributed by atoms with E-state index in [1.165, 1.54) is 19.3 Å². The van der Waals surface area contributed by atoms with Gasteiger partial charge in [-0.3, -0.25) is 0 Å². The van der Waals surface area contributed by atoms with Crippen molar-refractivity contribution in [2.45, 2.75) is 39.2 Å². The number of rotatable bonds is 4. The molecule has 82 valence electrons. The van der Waals surface area contributed by atoms with Gasteiger partial charge in [0.2, 0.25) is 0 Å². The zero-order valence-electron chi connectivity index (χ0n) is 9.46. The minimum atomic E-state index is 0.732. The average Bonchev–Trinajstić information content (AvgIpc) is 2.93. The lowest BCUT2D eigenvalue weighted by Gasteiger charge is -2.31. The van der Waals surface area contributed by atoms with Crippen LogP contribution in [0, 0.1) is 17.8 Å². The summed E-state index contributed by atoms with van der Waals surface area (Å²) in [6.07, 6.45) is 4.04. The Morgan fingerprint density at radius 1 is 1.50 bits per heavy atom. The Bertz CT molecular complexity index is 177. The SMILES string of the molecule is CCNC(C1CCCOC1)C1CC1C. The van der Waals surface area contributed by atoms with Crippen molar-refractivity contribution in [2.24, 2.45) is 17.8 Å². The molecule has 4 unspecified atom stereocenters. The number of hydrogen-bond acceptors (Lipinski definition) is 2. The Hall–Kier alpha value is -0.0800. The van der Waals surface area contributed by atoms with Gasteiger partial charge in [0.1, 0.15) is 0 Å². The Morgan fingerprint density at radius 2 is 2.29 bits per heavy atom. The van der Waals surface area contributed by atoms with Gasteiger partial charge in [-0.1, -0.05) is 13.8 Å². The molecule has 2 nitrogen and oxygen atoms in total. The molecule has 2 heteroatoms. The fourth-order valence-electron chi connectivity index (χ4n) is 2.80. The van der Waals surface area contributed by atoms with Gasteiger partial charge in [-0.05, 0) is 43.6 Å². The van der Waals surface area contributed by atoms with E-state index < -0.39 is 0 Å². The highest BCUT2D eigenvalue weighted by Gasteiger charge is 2.42. The second-order valence-corrected chi connectivity index (χ2v) is 4.94. The van der Waals surface area contributed by atoms with E-state index in [1.54, 1.807) is 0 Å². The van der Waals surface area contributed by atoms with E-state index in [2.05, 4.69) is 19.2 Å². The molecule has 14 heavy (non-hydrogen) atoms. The van der Waals surface area contributed by atoms with Gasteiger partial charge in [-0.2, -0.15) is 0 Å².